The zero-order valence-electron chi connectivity index (χ0n) is 12.9. The number of hydrogen-bond donors (Lipinski definition) is 2. The van der Waals surface area contributed by atoms with E-state index in [2.05, 4.69) is 10.6 Å². The number of nitrogens with one attached hydrogen (secondary N) is 2. The van der Waals surface area contributed by atoms with E-state index in [1.54, 1.807) is 42.5 Å². The molecule has 4 nitrogen and oxygen atoms in total. The molecule has 2 rings (SSSR count). The molecule has 0 fully saturated rings. The highest BCUT2D eigenvalue weighted by Gasteiger charge is 2.04. The number of carbonyl (C=O) groups excluding carboxylic acids is 2. The molecule has 0 aliphatic rings. The van der Waals surface area contributed by atoms with Crippen LogP contribution < -0.4 is 10.6 Å². The van der Waals surface area contributed by atoms with E-state index in [-0.39, 0.29) is 23.9 Å². The van der Waals surface area contributed by atoms with Crippen molar-refractivity contribution in [2.45, 2.75) is 19.9 Å². The molecule has 0 unspecified atom stereocenters. The summed E-state index contributed by atoms with van der Waals surface area (Å²) in [6.07, 6.45) is 0.281. The maximum atomic E-state index is 13.4. The second kappa shape index (κ2) is 8.19. The van der Waals surface area contributed by atoms with Gasteiger partial charge in [0, 0.05) is 36.3 Å². The average Bonchev–Trinajstić information content (AvgIpc) is 2.53. The standard InChI is InChI=1S/C18H19FN2O2/c1-13(22)14-6-8-16(9-7-14)21-18(23)10-11-20-12-15-4-2-3-5-17(15)19/h2-9,20H,10-12H2,1H3,(H,21,23). The predicted octanol–water partition coefficient (Wildman–Crippen LogP) is 3.15. The summed E-state index contributed by atoms with van der Waals surface area (Å²) in [5.41, 5.74) is 1.83. The Morgan fingerprint density at radius 2 is 1.74 bits per heavy atom. The van der Waals surface area contributed by atoms with Gasteiger partial charge in [0.1, 0.15) is 5.82 Å². The van der Waals surface area contributed by atoms with Crippen molar-refractivity contribution in [2.75, 3.05) is 11.9 Å². The number of anilines is 1. The van der Waals surface area contributed by atoms with Crippen LogP contribution in [-0.2, 0) is 11.3 Å². The van der Waals surface area contributed by atoms with E-state index >= 15 is 0 Å². The van der Waals surface area contributed by atoms with Crippen molar-refractivity contribution in [3.05, 3.63) is 65.5 Å². The summed E-state index contributed by atoms with van der Waals surface area (Å²) in [6.45, 7) is 2.33. The lowest BCUT2D eigenvalue weighted by molar-refractivity contribution is -0.116. The summed E-state index contributed by atoms with van der Waals surface area (Å²) in [5, 5.41) is 5.79. The van der Waals surface area contributed by atoms with Gasteiger partial charge in [0.15, 0.2) is 5.78 Å². The summed E-state index contributed by atoms with van der Waals surface area (Å²) < 4.78 is 13.4. The first kappa shape index (κ1) is 16.8. The van der Waals surface area contributed by atoms with Crippen LogP contribution in [0.5, 0.6) is 0 Å². The average molecular weight is 314 g/mol. The summed E-state index contributed by atoms with van der Waals surface area (Å²) in [4.78, 5) is 23.0. The van der Waals surface area contributed by atoms with Crippen LogP contribution >= 0.6 is 0 Å². The molecule has 0 aliphatic heterocycles. The molecule has 2 N–H and O–H groups in total. The smallest absolute Gasteiger partial charge is 0.225 e. The second-order valence-corrected chi connectivity index (χ2v) is 5.20. The van der Waals surface area contributed by atoms with Crippen molar-refractivity contribution in [1.29, 1.82) is 0 Å². The van der Waals surface area contributed by atoms with Crippen molar-refractivity contribution in [3.63, 3.8) is 0 Å². The van der Waals surface area contributed by atoms with Crippen molar-refractivity contribution in [1.82, 2.24) is 5.32 Å². The molecular weight excluding hydrogens is 295 g/mol. The topological polar surface area (TPSA) is 58.2 Å². The zero-order valence-corrected chi connectivity index (χ0v) is 12.9. The van der Waals surface area contributed by atoms with E-state index in [0.29, 0.717) is 29.9 Å². The van der Waals surface area contributed by atoms with Gasteiger partial charge in [-0.3, -0.25) is 9.59 Å². The van der Waals surface area contributed by atoms with Crippen LogP contribution in [0.3, 0.4) is 0 Å². The van der Waals surface area contributed by atoms with E-state index in [1.165, 1.54) is 13.0 Å². The molecule has 0 bridgehead atoms. The SMILES string of the molecule is CC(=O)c1ccc(NC(=O)CCNCc2ccccc2F)cc1. The Morgan fingerprint density at radius 1 is 1.04 bits per heavy atom. The molecule has 0 heterocycles. The Hall–Kier alpha value is -2.53. The third-order valence-corrected chi connectivity index (χ3v) is 3.38. The highest BCUT2D eigenvalue weighted by Crippen LogP contribution is 2.10. The van der Waals surface area contributed by atoms with Crippen LogP contribution in [0.25, 0.3) is 0 Å². The third-order valence-electron chi connectivity index (χ3n) is 3.38. The van der Waals surface area contributed by atoms with Crippen LogP contribution in [0, 0.1) is 5.82 Å². The monoisotopic (exact) mass is 314 g/mol. The molecule has 0 atom stereocenters. The van der Waals surface area contributed by atoms with E-state index in [1.807, 2.05) is 0 Å². The van der Waals surface area contributed by atoms with Crippen LogP contribution in [-0.4, -0.2) is 18.2 Å². The van der Waals surface area contributed by atoms with Gasteiger partial charge in [-0.15, -0.1) is 0 Å². The van der Waals surface area contributed by atoms with Gasteiger partial charge in [-0.25, -0.2) is 4.39 Å². The number of carbonyl (C=O) groups is 2. The summed E-state index contributed by atoms with van der Waals surface area (Å²) >= 11 is 0. The molecule has 0 saturated heterocycles. The molecule has 120 valence electrons. The molecule has 2 aromatic carbocycles. The van der Waals surface area contributed by atoms with Crippen molar-refractivity contribution in [2.24, 2.45) is 0 Å². The van der Waals surface area contributed by atoms with Crippen LogP contribution in [0.15, 0.2) is 48.5 Å². The number of rotatable bonds is 7. The number of hydrogen-bond acceptors (Lipinski definition) is 3. The maximum absolute atomic E-state index is 13.4. The van der Waals surface area contributed by atoms with Gasteiger partial charge in [-0.1, -0.05) is 18.2 Å². The fraction of sp³-hybridized carbons (Fsp3) is 0.222. The van der Waals surface area contributed by atoms with Gasteiger partial charge in [-0.2, -0.15) is 0 Å². The molecule has 0 saturated carbocycles. The number of Topliss-reactive ketones (excluding diaryl/α,β-unsaturated/α-hetero) is 1. The Bertz CT molecular complexity index is 684. The van der Waals surface area contributed by atoms with Gasteiger partial charge < -0.3 is 10.6 Å². The normalized spacial score (nSPS) is 10.3. The predicted molar refractivity (Wildman–Crippen MR) is 87.8 cm³/mol. The van der Waals surface area contributed by atoms with Gasteiger partial charge in [0.2, 0.25) is 5.91 Å². The Morgan fingerprint density at radius 3 is 2.39 bits per heavy atom. The summed E-state index contributed by atoms with van der Waals surface area (Å²) in [6, 6.07) is 13.3. The third kappa shape index (κ3) is 5.30. The molecule has 0 aromatic heterocycles. The van der Waals surface area contributed by atoms with Gasteiger partial charge in [-0.05, 0) is 37.3 Å². The van der Waals surface area contributed by atoms with Crippen molar-refractivity contribution in [3.8, 4) is 0 Å². The first-order valence-corrected chi connectivity index (χ1v) is 7.41. The minimum Gasteiger partial charge on any atom is -0.326 e. The lowest BCUT2D eigenvalue weighted by Gasteiger charge is -2.07. The van der Waals surface area contributed by atoms with E-state index < -0.39 is 0 Å². The summed E-state index contributed by atoms with van der Waals surface area (Å²) in [7, 11) is 0. The Labute approximate surface area is 134 Å². The van der Waals surface area contributed by atoms with Gasteiger partial charge >= 0.3 is 0 Å². The highest BCUT2D eigenvalue weighted by atomic mass is 19.1. The van der Waals surface area contributed by atoms with Crippen LogP contribution in [0.4, 0.5) is 10.1 Å². The largest absolute Gasteiger partial charge is 0.326 e. The first-order chi connectivity index (χ1) is 11.1. The highest BCUT2D eigenvalue weighted by molar-refractivity contribution is 5.95. The minimum absolute atomic E-state index is 0.0137. The molecule has 23 heavy (non-hydrogen) atoms. The maximum Gasteiger partial charge on any atom is 0.225 e. The lowest BCUT2D eigenvalue weighted by Crippen LogP contribution is -2.21. The number of benzene rings is 2. The second-order valence-electron chi connectivity index (χ2n) is 5.20. The fourth-order valence-corrected chi connectivity index (χ4v) is 2.08. The number of ketones is 1. The minimum atomic E-state index is -0.255. The summed E-state index contributed by atoms with van der Waals surface area (Å²) in [5.74, 6) is -0.406. The van der Waals surface area contributed by atoms with Crippen molar-refractivity contribution < 1.29 is 14.0 Å². The van der Waals surface area contributed by atoms with Crippen LogP contribution in [0.1, 0.15) is 29.3 Å². The Balaban J connectivity index is 1.73. The van der Waals surface area contributed by atoms with Crippen molar-refractivity contribution >= 4 is 17.4 Å². The molecule has 0 aliphatic carbocycles. The first-order valence-electron chi connectivity index (χ1n) is 7.41. The lowest BCUT2D eigenvalue weighted by atomic mass is 10.1. The zero-order chi connectivity index (χ0) is 16.7. The molecular formula is C18H19FN2O2. The van der Waals surface area contributed by atoms with E-state index in [9.17, 15) is 14.0 Å². The molecule has 0 spiro atoms. The Kier molecular flexibility index (Phi) is 6.00. The van der Waals surface area contributed by atoms with Gasteiger partial charge in [0.05, 0.1) is 0 Å². The van der Waals surface area contributed by atoms with Crippen LogP contribution in [0.2, 0.25) is 0 Å². The molecule has 0 radical (unpaired) electrons. The number of halogens is 1. The van der Waals surface area contributed by atoms with Gasteiger partial charge in [0.25, 0.3) is 0 Å². The van der Waals surface area contributed by atoms with E-state index in [4.69, 9.17) is 0 Å². The number of amides is 1. The molecule has 1 amide bonds. The fourth-order valence-electron chi connectivity index (χ4n) is 2.08. The quantitative estimate of drug-likeness (QED) is 0.610. The molecule has 5 heteroatoms. The van der Waals surface area contributed by atoms with E-state index in [0.717, 1.165) is 0 Å². The molecule has 2 aromatic rings.